The molecule has 0 saturated carbocycles. The maximum absolute atomic E-state index is 5.34. The molecule has 0 bridgehead atoms. The smallest absolute Gasteiger partial charge is 0.255 e. The van der Waals surface area contributed by atoms with Crippen LogP contribution in [0.2, 0.25) is 0 Å². The molecule has 2 rings (SSSR count). The van der Waals surface area contributed by atoms with Gasteiger partial charge in [-0.3, -0.25) is 0 Å². The lowest BCUT2D eigenvalue weighted by Gasteiger charge is -2.04. The van der Waals surface area contributed by atoms with E-state index in [0.717, 1.165) is 5.56 Å². The maximum Gasteiger partial charge on any atom is 0.255 e. The topological polar surface area (TPSA) is 77.0 Å². The van der Waals surface area contributed by atoms with Crippen LogP contribution < -0.4 is 11.3 Å². The fourth-order valence-corrected chi connectivity index (χ4v) is 1.88. The van der Waals surface area contributed by atoms with Crippen molar-refractivity contribution in [1.29, 1.82) is 0 Å². The highest BCUT2D eigenvalue weighted by Gasteiger charge is 2.04. The molecule has 3 N–H and O–H groups in total. The summed E-state index contributed by atoms with van der Waals surface area (Å²) in [6.45, 7) is 0. The number of hydrogen-bond acceptors (Lipinski definition) is 6. The highest BCUT2D eigenvalue weighted by molar-refractivity contribution is 7.98. The van der Waals surface area contributed by atoms with Crippen LogP contribution in [-0.2, 0) is 5.75 Å². The summed E-state index contributed by atoms with van der Waals surface area (Å²) >= 11 is 1.50. The molecule has 15 heavy (non-hydrogen) atoms. The molecule has 0 amide bonds. The van der Waals surface area contributed by atoms with Gasteiger partial charge in [0, 0.05) is 17.5 Å². The average molecular weight is 222 g/mol. The van der Waals surface area contributed by atoms with Crippen molar-refractivity contribution in [3.05, 3.63) is 36.4 Å². The number of nitrogens with one attached hydrogen (secondary N) is 1. The molecular formula is C9H10N4OS. The fraction of sp³-hybridized carbons (Fsp3) is 0.111. The first-order valence-electron chi connectivity index (χ1n) is 4.33. The van der Waals surface area contributed by atoms with Crippen molar-refractivity contribution < 1.29 is 4.42 Å². The number of rotatable bonds is 4. The summed E-state index contributed by atoms with van der Waals surface area (Å²) in [7, 11) is 0. The molecule has 0 aromatic carbocycles. The third-order valence-electron chi connectivity index (χ3n) is 1.79. The van der Waals surface area contributed by atoms with Crippen molar-refractivity contribution in [3.8, 4) is 0 Å². The molecule has 0 fully saturated rings. The molecule has 5 nitrogen and oxygen atoms in total. The zero-order valence-electron chi connectivity index (χ0n) is 7.88. The minimum Gasteiger partial charge on any atom is -0.440 e. The first kappa shape index (κ1) is 10.0. The van der Waals surface area contributed by atoms with E-state index in [0.29, 0.717) is 16.8 Å². The summed E-state index contributed by atoms with van der Waals surface area (Å²) in [4.78, 5) is 8.11. The number of nitrogens with zero attached hydrogens (tertiary/aromatic N) is 2. The Bertz CT molecular complexity index is 418. The van der Waals surface area contributed by atoms with Crippen LogP contribution in [0.5, 0.6) is 0 Å². The fourth-order valence-electron chi connectivity index (χ4n) is 1.11. The minimum atomic E-state index is 0.641. The zero-order chi connectivity index (χ0) is 10.5. The number of pyridine rings is 1. The predicted octanol–water partition coefficient (Wildman–Crippen LogP) is 1.65. The van der Waals surface area contributed by atoms with E-state index in [4.69, 9.17) is 10.3 Å². The van der Waals surface area contributed by atoms with Crippen molar-refractivity contribution in [2.75, 3.05) is 5.43 Å². The van der Waals surface area contributed by atoms with Crippen LogP contribution in [-0.4, -0.2) is 9.97 Å². The van der Waals surface area contributed by atoms with E-state index in [2.05, 4.69) is 15.4 Å². The van der Waals surface area contributed by atoms with E-state index >= 15 is 0 Å². The second-order valence-corrected chi connectivity index (χ2v) is 3.67. The van der Waals surface area contributed by atoms with E-state index < -0.39 is 0 Å². The molecule has 0 aliphatic rings. The van der Waals surface area contributed by atoms with Crippen LogP contribution in [0.15, 0.2) is 40.4 Å². The van der Waals surface area contributed by atoms with Crippen LogP contribution in [0.1, 0.15) is 5.56 Å². The Labute approximate surface area is 91.1 Å². The third kappa shape index (κ3) is 2.48. The van der Waals surface area contributed by atoms with Crippen LogP contribution >= 0.6 is 11.8 Å². The molecular weight excluding hydrogens is 212 g/mol. The molecule has 0 aliphatic carbocycles. The molecule has 2 heterocycles. The van der Waals surface area contributed by atoms with E-state index in [1.54, 1.807) is 18.7 Å². The normalized spacial score (nSPS) is 10.2. The molecule has 0 spiro atoms. The molecule has 2 aromatic heterocycles. The quantitative estimate of drug-likeness (QED) is 0.465. The molecule has 0 saturated heterocycles. The van der Waals surface area contributed by atoms with Crippen molar-refractivity contribution in [3.63, 3.8) is 0 Å². The van der Waals surface area contributed by atoms with Gasteiger partial charge in [-0.25, -0.2) is 15.8 Å². The molecule has 6 heteroatoms. The zero-order valence-corrected chi connectivity index (χ0v) is 8.70. The number of nitrogens with two attached hydrogens (primary N) is 1. The van der Waals surface area contributed by atoms with E-state index in [1.807, 2.05) is 12.1 Å². The van der Waals surface area contributed by atoms with Crippen LogP contribution in [0.4, 0.5) is 5.82 Å². The molecule has 0 aliphatic heterocycles. The monoisotopic (exact) mass is 222 g/mol. The Hall–Kier alpha value is -1.53. The first-order chi connectivity index (χ1) is 7.40. The van der Waals surface area contributed by atoms with Crippen LogP contribution in [0.3, 0.4) is 0 Å². The van der Waals surface area contributed by atoms with Gasteiger partial charge in [-0.05, 0) is 6.07 Å². The number of nitrogen functional groups attached to an aromatic ring is 1. The van der Waals surface area contributed by atoms with Gasteiger partial charge >= 0.3 is 0 Å². The van der Waals surface area contributed by atoms with Crippen molar-refractivity contribution in [2.24, 2.45) is 5.84 Å². The van der Waals surface area contributed by atoms with Crippen LogP contribution in [0.25, 0.3) is 0 Å². The number of aromatic nitrogens is 2. The first-order valence-corrected chi connectivity index (χ1v) is 5.31. The molecule has 2 aromatic rings. The Balaban J connectivity index is 2.04. The Morgan fingerprint density at radius 1 is 1.40 bits per heavy atom. The molecule has 0 unspecified atom stereocenters. The molecule has 0 radical (unpaired) electrons. The van der Waals surface area contributed by atoms with Gasteiger partial charge in [0.25, 0.3) is 5.22 Å². The van der Waals surface area contributed by atoms with Gasteiger partial charge in [0.05, 0.1) is 6.20 Å². The Kier molecular flexibility index (Phi) is 3.21. The highest BCUT2D eigenvalue weighted by atomic mass is 32.2. The maximum atomic E-state index is 5.34. The second kappa shape index (κ2) is 4.81. The van der Waals surface area contributed by atoms with E-state index in [1.165, 1.54) is 11.8 Å². The van der Waals surface area contributed by atoms with Gasteiger partial charge in [0.2, 0.25) is 0 Å². The number of hydrogen-bond donors (Lipinski definition) is 2. The number of oxazole rings is 1. The average Bonchev–Trinajstić information content (AvgIpc) is 2.79. The minimum absolute atomic E-state index is 0.641. The predicted molar refractivity (Wildman–Crippen MR) is 58.1 cm³/mol. The molecule has 0 atom stereocenters. The van der Waals surface area contributed by atoms with Crippen molar-refractivity contribution in [2.45, 2.75) is 11.0 Å². The number of hydrazine groups is 1. The van der Waals surface area contributed by atoms with Crippen molar-refractivity contribution in [1.82, 2.24) is 9.97 Å². The summed E-state index contributed by atoms with van der Waals surface area (Å²) in [6.07, 6.45) is 4.86. The summed E-state index contributed by atoms with van der Waals surface area (Å²) in [6, 6.07) is 3.82. The van der Waals surface area contributed by atoms with Gasteiger partial charge < -0.3 is 9.84 Å². The second-order valence-electron chi connectivity index (χ2n) is 2.74. The largest absolute Gasteiger partial charge is 0.440 e. The molecule has 78 valence electrons. The SMILES string of the molecule is NNc1ncccc1CSc1ncco1. The standard InChI is InChI=1S/C9H10N4OS/c10-13-8-7(2-1-3-11-8)6-15-9-12-4-5-14-9/h1-5H,6,10H2,(H,11,13). The summed E-state index contributed by atoms with van der Waals surface area (Å²) in [5.74, 6) is 6.73. The van der Waals surface area contributed by atoms with Crippen LogP contribution in [0, 0.1) is 0 Å². The lowest BCUT2D eigenvalue weighted by atomic mass is 10.3. The van der Waals surface area contributed by atoms with Gasteiger partial charge in [-0.15, -0.1) is 0 Å². The highest BCUT2D eigenvalue weighted by Crippen LogP contribution is 2.23. The Morgan fingerprint density at radius 3 is 3.07 bits per heavy atom. The van der Waals surface area contributed by atoms with Gasteiger partial charge in [0.1, 0.15) is 12.1 Å². The summed E-state index contributed by atoms with van der Waals surface area (Å²) < 4.78 is 5.11. The number of anilines is 1. The van der Waals surface area contributed by atoms with Gasteiger partial charge in [-0.1, -0.05) is 17.8 Å². The van der Waals surface area contributed by atoms with Gasteiger partial charge in [0.15, 0.2) is 0 Å². The summed E-state index contributed by atoms with van der Waals surface area (Å²) in [5, 5.41) is 0.641. The van der Waals surface area contributed by atoms with E-state index in [9.17, 15) is 0 Å². The third-order valence-corrected chi connectivity index (χ3v) is 2.69. The number of thioether (sulfide) groups is 1. The van der Waals surface area contributed by atoms with Gasteiger partial charge in [-0.2, -0.15) is 0 Å². The lowest BCUT2D eigenvalue weighted by Crippen LogP contribution is -2.10. The Morgan fingerprint density at radius 2 is 2.33 bits per heavy atom. The summed E-state index contributed by atoms with van der Waals surface area (Å²) in [5.41, 5.74) is 3.57. The van der Waals surface area contributed by atoms with Crippen molar-refractivity contribution >= 4 is 17.6 Å². The lowest BCUT2D eigenvalue weighted by molar-refractivity contribution is 0.454. The van der Waals surface area contributed by atoms with E-state index in [-0.39, 0.29) is 0 Å².